The molecule has 1 saturated heterocycles. The molecule has 0 saturated carbocycles. The number of anilines is 1. The number of para-hydroxylation sites is 1. The van der Waals surface area contributed by atoms with Gasteiger partial charge in [0.05, 0.1) is 29.3 Å². The van der Waals surface area contributed by atoms with Gasteiger partial charge in [0.25, 0.3) is 0 Å². The lowest BCUT2D eigenvalue weighted by Crippen LogP contribution is -2.36. The van der Waals surface area contributed by atoms with Gasteiger partial charge >= 0.3 is 12.1 Å². The number of nitrogens with zero attached hydrogens (tertiary/aromatic N) is 1. The zero-order chi connectivity index (χ0) is 20.3. The SMILES string of the molecule is CC1NN(c2ccccc2)C(=O)C1CCOC(=O)c1cccc(C(F)(F)F)c1. The van der Waals surface area contributed by atoms with E-state index >= 15 is 0 Å². The van der Waals surface area contributed by atoms with E-state index in [1.54, 1.807) is 12.1 Å². The van der Waals surface area contributed by atoms with Crippen LogP contribution < -0.4 is 10.4 Å². The second-order valence-corrected chi connectivity index (χ2v) is 6.54. The summed E-state index contributed by atoms with van der Waals surface area (Å²) in [5.74, 6) is -1.40. The van der Waals surface area contributed by atoms with Crippen molar-refractivity contribution in [2.24, 2.45) is 5.92 Å². The van der Waals surface area contributed by atoms with Crippen molar-refractivity contribution in [2.45, 2.75) is 25.6 Å². The summed E-state index contributed by atoms with van der Waals surface area (Å²) in [6, 6.07) is 13.0. The molecule has 0 aromatic heterocycles. The third kappa shape index (κ3) is 4.33. The number of amides is 1. The fourth-order valence-corrected chi connectivity index (χ4v) is 3.07. The van der Waals surface area contributed by atoms with Gasteiger partial charge in [-0.1, -0.05) is 24.3 Å². The summed E-state index contributed by atoms with van der Waals surface area (Å²) in [6.45, 7) is 1.78. The lowest BCUT2D eigenvalue weighted by molar-refractivity contribution is -0.137. The number of esters is 1. The van der Waals surface area contributed by atoms with Crippen molar-refractivity contribution < 1.29 is 27.5 Å². The van der Waals surface area contributed by atoms with Gasteiger partial charge in [-0.2, -0.15) is 13.2 Å². The van der Waals surface area contributed by atoms with Crippen molar-refractivity contribution >= 4 is 17.6 Å². The van der Waals surface area contributed by atoms with Crippen LogP contribution in [-0.4, -0.2) is 24.5 Å². The van der Waals surface area contributed by atoms with Crippen molar-refractivity contribution in [3.8, 4) is 0 Å². The molecule has 1 fully saturated rings. The number of hydrogen-bond acceptors (Lipinski definition) is 4. The molecule has 28 heavy (non-hydrogen) atoms. The Morgan fingerprint density at radius 2 is 1.86 bits per heavy atom. The molecule has 2 aromatic carbocycles. The van der Waals surface area contributed by atoms with Crippen LogP contribution in [0.15, 0.2) is 54.6 Å². The van der Waals surface area contributed by atoms with Crippen LogP contribution in [0.2, 0.25) is 0 Å². The van der Waals surface area contributed by atoms with Gasteiger partial charge in [-0.3, -0.25) is 4.79 Å². The number of carbonyl (C=O) groups excluding carboxylic acids is 2. The highest BCUT2D eigenvalue weighted by atomic mass is 19.4. The van der Waals surface area contributed by atoms with Crippen LogP contribution in [0, 0.1) is 5.92 Å². The molecule has 1 amide bonds. The average molecular weight is 392 g/mol. The van der Waals surface area contributed by atoms with Crippen LogP contribution in [-0.2, 0) is 15.7 Å². The number of ether oxygens (including phenoxy) is 1. The van der Waals surface area contributed by atoms with Crippen molar-refractivity contribution in [1.29, 1.82) is 0 Å². The number of carbonyl (C=O) groups is 2. The van der Waals surface area contributed by atoms with Gasteiger partial charge in [0, 0.05) is 6.04 Å². The molecule has 148 valence electrons. The molecule has 5 nitrogen and oxygen atoms in total. The van der Waals surface area contributed by atoms with Gasteiger partial charge in [-0.25, -0.2) is 15.2 Å². The molecule has 3 rings (SSSR count). The van der Waals surface area contributed by atoms with Crippen molar-refractivity contribution in [3.05, 3.63) is 65.7 Å². The van der Waals surface area contributed by atoms with Crippen LogP contribution in [0.5, 0.6) is 0 Å². The predicted molar refractivity (Wildman–Crippen MR) is 96.4 cm³/mol. The number of halogens is 3. The molecule has 2 unspecified atom stereocenters. The van der Waals surface area contributed by atoms with Gasteiger partial charge in [-0.15, -0.1) is 0 Å². The average Bonchev–Trinajstić information content (AvgIpc) is 2.96. The van der Waals surface area contributed by atoms with E-state index < -0.39 is 23.6 Å². The molecule has 1 aliphatic rings. The van der Waals surface area contributed by atoms with E-state index in [-0.39, 0.29) is 30.5 Å². The van der Waals surface area contributed by atoms with E-state index in [0.717, 1.165) is 18.2 Å². The third-order valence-electron chi connectivity index (χ3n) is 4.58. The van der Waals surface area contributed by atoms with Crippen molar-refractivity contribution in [3.63, 3.8) is 0 Å². The minimum atomic E-state index is -4.53. The standard InChI is InChI=1S/C20H19F3N2O3/c1-13-17(18(26)25(24-13)16-8-3-2-4-9-16)10-11-28-19(27)14-6-5-7-15(12-14)20(21,22)23/h2-9,12-13,17,24H,10-11H2,1H3. The third-order valence-corrected chi connectivity index (χ3v) is 4.58. The number of nitrogens with one attached hydrogen (secondary N) is 1. The van der Waals surface area contributed by atoms with Gasteiger partial charge in [0.2, 0.25) is 5.91 Å². The van der Waals surface area contributed by atoms with Crippen LogP contribution in [0.3, 0.4) is 0 Å². The Labute approximate surface area is 160 Å². The maximum absolute atomic E-state index is 12.7. The van der Waals surface area contributed by atoms with Gasteiger partial charge < -0.3 is 4.74 Å². The Kier molecular flexibility index (Phi) is 5.69. The number of alkyl halides is 3. The molecule has 0 spiro atoms. The Bertz CT molecular complexity index is 855. The first-order chi connectivity index (χ1) is 13.3. The largest absolute Gasteiger partial charge is 0.462 e. The topological polar surface area (TPSA) is 58.6 Å². The first kappa shape index (κ1) is 19.9. The first-order valence-electron chi connectivity index (χ1n) is 8.77. The fourth-order valence-electron chi connectivity index (χ4n) is 3.07. The highest BCUT2D eigenvalue weighted by Gasteiger charge is 2.38. The second kappa shape index (κ2) is 8.02. The number of hydrogen-bond donors (Lipinski definition) is 1. The van der Waals surface area contributed by atoms with Gasteiger partial charge in [0.15, 0.2) is 0 Å². The van der Waals surface area contributed by atoms with Crippen LogP contribution >= 0.6 is 0 Å². The molecular weight excluding hydrogens is 373 g/mol. The molecule has 1 N–H and O–H groups in total. The summed E-state index contributed by atoms with van der Waals surface area (Å²) in [6.07, 6.45) is -4.27. The lowest BCUT2D eigenvalue weighted by Gasteiger charge is -2.16. The molecule has 8 heteroatoms. The normalized spacial score (nSPS) is 19.7. The predicted octanol–water partition coefficient (Wildman–Crippen LogP) is 3.81. The summed E-state index contributed by atoms with van der Waals surface area (Å²) < 4.78 is 43.3. The Hall–Kier alpha value is -2.87. The fraction of sp³-hybridized carbons (Fsp3) is 0.300. The lowest BCUT2D eigenvalue weighted by atomic mass is 9.99. The first-order valence-corrected chi connectivity index (χ1v) is 8.77. The number of benzene rings is 2. The van der Waals surface area contributed by atoms with E-state index in [1.165, 1.54) is 11.1 Å². The van der Waals surface area contributed by atoms with Crippen LogP contribution in [0.25, 0.3) is 0 Å². The highest BCUT2D eigenvalue weighted by Crippen LogP contribution is 2.30. The van der Waals surface area contributed by atoms with E-state index in [1.807, 2.05) is 25.1 Å². The van der Waals surface area contributed by atoms with Gasteiger partial charge in [0.1, 0.15) is 0 Å². The highest BCUT2D eigenvalue weighted by molar-refractivity contribution is 5.96. The molecule has 2 atom stereocenters. The maximum atomic E-state index is 12.7. The molecule has 2 aromatic rings. The summed E-state index contributed by atoms with van der Waals surface area (Å²) in [4.78, 5) is 24.7. The van der Waals surface area contributed by atoms with Crippen molar-refractivity contribution in [2.75, 3.05) is 11.6 Å². The Morgan fingerprint density at radius 3 is 2.54 bits per heavy atom. The van der Waals surface area contributed by atoms with Gasteiger partial charge in [-0.05, 0) is 43.7 Å². The summed E-state index contributed by atoms with van der Waals surface area (Å²) >= 11 is 0. The summed E-state index contributed by atoms with van der Waals surface area (Å²) in [7, 11) is 0. The zero-order valence-electron chi connectivity index (χ0n) is 15.1. The Balaban J connectivity index is 1.58. The zero-order valence-corrected chi connectivity index (χ0v) is 15.1. The minimum Gasteiger partial charge on any atom is -0.462 e. The summed E-state index contributed by atoms with van der Waals surface area (Å²) in [5.41, 5.74) is 2.70. The van der Waals surface area contributed by atoms with E-state index in [2.05, 4.69) is 5.43 Å². The van der Waals surface area contributed by atoms with Crippen molar-refractivity contribution in [1.82, 2.24) is 5.43 Å². The molecule has 1 heterocycles. The quantitative estimate of drug-likeness (QED) is 0.787. The number of rotatable bonds is 5. The van der Waals surface area contributed by atoms with E-state index in [9.17, 15) is 22.8 Å². The molecule has 0 aliphatic carbocycles. The maximum Gasteiger partial charge on any atom is 0.416 e. The smallest absolute Gasteiger partial charge is 0.416 e. The monoisotopic (exact) mass is 392 g/mol. The molecule has 1 aliphatic heterocycles. The van der Waals surface area contributed by atoms with Crippen LogP contribution in [0.4, 0.5) is 18.9 Å². The molecule has 0 bridgehead atoms. The molecule has 0 radical (unpaired) electrons. The van der Waals surface area contributed by atoms with Crippen LogP contribution in [0.1, 0.15) is 29.3 Å². The summed E-state index contributed by atoms with van der Waals surface area (Å²) in [5, 5.41) is 1.46. The second-order valence-electron chi connectivity index (χ2n) is 6.54. The Morgan fingerprint density at radius 1 is 1.14 bits per heavy atom. The molecular formula is C20H19F3N2O3. The van der Waals surface area contributed by atoms with E-state index in [4.69, 9.17) is 4.74 Å². The minimum absolute atomic E-state index is 0.0693. The van der Waals surface area contributed by atoms with E-state index in [0.29, 0.717) is 5.69 Å². The number of hydrazine groups is 1.